The molecule has 0 N–H and O–H groups in total. The summed E-state index contributed by atoms with van der Waals surface area (Å²) in [7, 11) is 0. The van der Waals surface area contributed by atoms with E-state index in [0.717, 1.165) is 25.9 Å². The number of nitrogens with zero attached hydrogens (tertiary/aromatic N) is 1. The van der Waals surface area contributed by atoms with E-state index in [0.29, 0.717) is 17.9 Å². The molecule has 1 atom stereocenters. The van der Waals surface area contributed by atoms with Gasteiger partial charge in [-0.2, -0.15) is 0 Å². The van der Waals surface area contributed by atoms with Crippen LogP contribution in [0.5, 0.6) is 0 Å². The topological polar surface area (TPSA) is 37.4 Å². The molecule has 0 bridgehead atoms. The van der Waals surface area contributed by atoms with Crippen LogP contribution in [-0.4, -0.2) is 29.7 Å². The highest BCUT2D eigenvalue weighted by molar-refractivity contribution is 5.99. The molecule has 18 heavy (non-hydrogen) atoms. The van der Waals surface area contributed by atoms with Crippen molar-refractivity contribution in [3.63, 3.8) is 0 Å². The summed E-state index contributed by atoms with van der Waals surface area (Å²) in [6.45, 7) is 11.1. The van der Waals surface area contributed by atoms with Crippen LogP contribution in [0.15, 0.2) is 12.2 Å². The van der Waals surface area contributed by atoms with Gasteiger partial charge in [-0.1, -0.05) is 20.4 Å². The lowest BCUT2D eigenvalue weighted by Gasteiger charge is -2.31. The van der Waals surface area contributed by atoms with Crippen molar-refractivity contribution in [2.24, 2.45) is 11.8 Å². The van der Waals surface area contributed by atoms with E-state index in [1.807, 2.05) is 4.90 Å². The van der Waals surface area contributed by atoms with Gasteiger partial charge >= 0.3 is 0 Å². The molecule has 3 nitrogen and oxygen atoms in total. The second kappa shape index (κ2) is 6.72. The van der Waals surface area contributed by atoms with Crippen LogP contribution >= 0.6 is 0 Å². The van der Waals surface area contributed by atoms with E-state index in [2.05, 4.69) is 20.4 Å². The molecule has 1 aliphatic rings. The number of ketones is 1. The molecule has 0 saturated carbocycles. The van der Waals surface area contributed by atoms with Gasteiger partial charge in [0.2, 0.25) is 5.91 Å². The maximum Gasteiger partial charge on any atom is 0.230 e. The Morgan fingerprint density at radius 1 is 1.17 bits per heavy atom. The van der Waals surface area contributed by atoms with Gasteiger partial charge in [-0.15, -0.1) is 0 Å². The Hall–Kier alpha value is -1.12. The first-order valence-electron chi connectivity index (χ1n) is 6.92. The Balaban J connectivity index is 2.77. The van der Waals surface area contributed by atoms with E-state index >= 15 is 0 Å². The average molecular weight is 251 g/mol. The van der Waals surface area contributed by atoms with Crippen molar-refractivity contribution in [1.82, 2.24) is 4.90 Å². The van der Waals surface area contributed by atoms with E-state index < -0.39 is 0 Å². The van der Waals surface area contributed by atoms with Crippen LogP contribution in [0.25, 0.3) is 0 Å². The highest BCUT2D eigenvalue weighted by atomic mass is 16.2. The molecule has 1 amide bonds. The lowest BCUT2D eigenvalue weighted by Crippen LogP contribution is -2.41. The highest BCUT2D eigenvalue weighted by Crippen LogP contribution is 2.24. The summed E-state index contributed by atoms with van der Waals surface area (Å²) in [4.78, 5) is 25.9. The summed E-state index contributed by atoms with van der Waals surface area (Å²) < 4.78 is 0. The average Bonchev–Trinajstić information content (AvgIpc) is 2.35. The van der Waals surface area contributed by atoms with E-state index in [4.69, 9.17) is 0 Å². The number of carbonyl (C=O) groups excluding carboxylic acids is 2. The van der Waals surface area contributed by atoms with Gasteiger partial charge in [0.1, 0.15) is 0 Å². The molecule has 0 aromatic rings. The number of hydrogen-bond donors (Lipinski definition) is 0. The van der Waals surface area contributed by atoms with Crippen LogP contribution in [0.3, 0.4) is 0 Å². The van der Waals surface area contributed by atoms with Crippen molar-refractivity contribution < 1.29 is 9.59 Å². The first-order valence-corrected chi connectivity index (χ1v) is 6.92. The maximum atomic E-state index is 12.5. The van der Waals surface area contributed by atoms with Gasteiger partial charge in [-0.3, -0.25) is 9.59 Å². The first kappa shape index (κ1) is 14.9. The largest absolute Gasteiger partial charge is 0.342 e. The molecule has 0 radical (unpaired) electrons. The van der Waals surface area contributed by atoms with Gasteiger partial charge in [0.25, 0.3) is 0 Å². The smallest absolute Gasteiger partial charge is 0.230 e. The van der Waals surface area contributed by atoms with E-state index in [-0.39, 0.29) is 17.6 Å². The second-order valence-electron chi connectivity index (χ2n) is 5.65. The fourth-order valence-electron chi connectivity index (χ4n) is 2.44. The summed E-state index contributed by atoms with van der Waals surface area (Å²) in [5.41, 5.74) is 0.472. The molecule has 1 saturated heterocycles. The summed E-state index contributed by atoms with van der Waals surface area (Å²) in [5.74, 6) is 0.107. The summed E-state index contributed by atoms with van der Waals surface area (Å²) in [5, 5.41) is 0. The molecular weight excluding hydrogens is 226 g/mol. The Bertz CT molecular complexity index is 327. The van der Waals surface area contributed by atoms with Crippen LogP contribution in [-0.2, 0) is 9.59 Å². The lowest BCUT2D eigenvalue weighted by atomic mass is 9.87. The third-order valence-electron chi connectivity index (χ3n) is 3.55. The minimum Gasteiger partial charge on any atom is -0.342 e. The molecule has 1 unspecified atom stereocenters. The van der Waals surface area contributed by atoms with Crippen LogP contribution in [0.4, 0.5) is 0 Å². The number of likely N-dealkylation sites (tertiary alicyclic amines) is 1. The number of hydrogen-bond acceptors (Lipinski definition) is 2. The first-order chi connectivity index (χ1) is 8.43. The molecule has 1 rings (SSSR count). The van der Waals surface area contributed by atoms with Crippen LogP contribution in [0.2, 0.25) is 0 Å². The monoisotopic (exact) mass is 251 g/mol. The summed E-state index contributed by atoms with van der Waals surface area (Å²) >= 11 is 0. The number of Topliss-reactive ketones (excluding diaryl/α,β-unsaturated/α-hetero) is 1. The van der Waals surface area contributed by atoms with Crippen LogP contribution in [0, 0.1) is 11.8 Å². The molecule has 1 heterocycles. The fraction of sp³-hybridized carbons (Fsp3) is 0.733. The van der Waals surface area contributed by atoms with E-state index in [1.54, 1.807) is 0 Å². The molecule has 0 spiro atoms. The number of piperidine rings is 1. The molecular formula is C15H25NO2. The van der Waals surface area contributed by atoms with Gasteiger partial charge in [-0.05, 0) is 38.5 Å². The minimum absolute atomic E-state index is 0.0639. The molecule has 102 valence electrons. The Morgan fingerprint density at radius 2 is 1.72 bits per heavy atom. The standard InChI is InChI=1S/C15H25NO2/c1-11(2)10-14(12(3)13(4)17)15(18)16-8-6-5-7-9-16/h11,14H,3,5-10H2,1-2,4H3. The molecule has 1 aliphatic heterocycles. The lowest BCUT2D eigenvalue weighted by molar-refractivity contribution is -0.136. The zero-order chi connectivity index (χ0) is 13.7. The second-order valence-corrected chi connectivity index (χ2v) is 5.65. The zero-order valence-corrected chi connectivity index (χ0v) is 11.9. The summed E-state index contributed by atoms with van der Waals surface area (Å²) in [6, 6.07) is 0. The van der Waals surface area contributed by atoms with Crippen molar-refractivity contribution in [1.29, 1.82) is 0 Å². The molecule has 3 heteroatoms. The van der Waals surface area contributed by atoms with Crippen molar-refractivity contribution >= 4 is 11.7 Å². The number of rotatable bonds is 5. The molecule has 1 fully saturated rings. The van der Waals surface area contributed by atoms with Crippen molar-refractivity contribution in [2.75, 3.05) is 13.1 Å². The van der Waals surface area contributed by atoms with Gasteiger partial charge in [0.05, 0.1) is 5.92 Å². The van der Waals surface area contributed by atoms with Gasteiger partial charge < -0.3 is 4.90 Å². The fourth-order valence-corrected chi connectivity index (χ4v) is 2.44. The van der Waals surface area contributed by atoms with Crippen LogP contribution < -0.4 is 0 Å². The van der Waals surface area contributed by atoms with E-state index in [1.165, 1.54) is 13.3 Å². The van der Waals surface area contributed by atoms with Gasteiger partial charge in [0, 0.05) is 18.7 Å². The van der Waals surface area contributed by atoms with Crippen LogP contribution in [0.1, 0.15) is 46.5 Å². The highest BCUT2D eigenvalue weighted by Gasteiger charge is 2.29. The van der Waals surface area contributed by atoms with E-state index in [9.17, 15) is 9.59 Å². The Morgan fingerprint density at radius 3 is 2.17 bits per heavy atom. The molecule has 0 aromatic heterocycles. The predicted molar refractivity (Wildman–Crippen MR) is 73.2 cm³/mol. The number of amides is 1. The molecule has 0 aromatic carbocycles. The van der Waals surface area contributed by atoms with Gasteiger partial charge in [0.15, 0.2) is 5.78 Å². The quantitative estimate of drug-likeness (QED) is 0.705. The SMILES string of the molecule is C=C(C(C)=O)C(CC(C)C)C(=O)N1CCCCC1. The molecule has 0 aliphatic carbocycles. The Kier molecular flexibility index (Phi) is 5.57. The van der Waals surface area contributed by atoms with Crippen molar-refractivity contribution in [3.8, 4) is 0 Å². The third kappa shape index (κ3) is 3.97. The van der Waals surface area contributed by atoms with Gasteiger partial charge in [-0.25, -0.2) is 0 Å². The predicted octanol–water partition coefficient (Wildman–Crippen LogP) is 2.81. The number of carbonyl (C=O) groups is 2. The van der Waals surface area contributed by atoms with Crippen molar-refractivity contribution in [3.05, 3.63) is 12.2 Å². The normalized spacial score (nSPS) is 17.7. The maximum absolute atomic E-state index is 12.5. The summed E-state index contributed by atoms with van der Waals surface area (Å²) in [6.07, 6.45) is 4.07. The van der Waals surface area contributed by atoms with Crippen molar-refractivity contribution in [2.45, 2.75) is 46.5 Å². The third-order valence-corrected chi connectivity index (χ3v) is 3.55. The minimum atomic E-state index is -0.319. The Labute approximate surface area is 110 Å². The zero-order valence-electron chi connectivity index (χ0n) is 11.9.